The van der Waals surface area contributed by atoms with Gasteiger partial charge < -0.3 is 24.5 Å². The number of nitrogens with zero attached hydrogens (tertiary/aromatic N) is 4. The SMILES string of the molecule is CCCN(C)C[C@H]1Oc2ncc(-c3cccc(C(=O)N(C)C)c3)cc2C(=O)N([C@@H](C)CO)C[C@@H]1C. The highest BCUT2D eigenvalue weighted by molar-refractivity contribution is 5.98. The molecule has 2 amide bonds. The third-order valence-corrected chi connectivity index (χ3v) is 6.47. The number of carbonyl (C=O) groups excluding carboxylic acids is 2. The molecule has 190 valence electrons. The predicted octanol–water partition coefficient (Wildman–Crippen LogP) is 3.01. The molecule has 3 rings (SSSR count). The van der Waals surface area contributed by atoms with Crippen LogP contribution in [0.4, 0.5) is 0 Å². The maximum absolute atomic E-state index is 13.6. The van der Waals surface area contributed by atoms with E-state index in [-0.39, 0.29) is 36.5 Å². The number of ether oxygens (including phenoxy) is 1. The highest BCUT2D eigenvalue weighted by Crippen LogP contribution is 2.30. The number of hydrogen-bond donors (Lipinski definition) is 1. The Labute approximate surface area is 208 Å². The van der Waals surface area contributed by atoms with Crippen LogP contribution < -0.4 is 4.74 Å². The van der Waals surface area contributed by atoms with Crippen molar-refractivity contribution < 1.29 is 19.4 Å². The summed E-state index contributed by atoms with van der Waals surface area (Å²) >= 11 is 0. The fourth-order valence-electron chi connectivity index (χ4n) is 4.35. The van der Waals surface area contributed by atoms with Crippen LogP contribution in [0.1, 0.15) is 47.9 Å². The van der Waals surface area contributed by atoms with E-state index < -0.39 is 0 Å². The zero-order chi connectivity index (χ0) is 25.7. The van der Waals surface area contributed by atoms with Crippen LogP contribution in [0, 0.1) is 5.92 Å². The van der Waals surface area contributed by atoms with E-state index in [9.17, 15) is 14.7 Å². The summed E-state index contributed by atoms with van der Waals surface area (Å²) in [6.07, 6.45) is 2.56. The van der Waals surface area contributed by atoms with Gasteiger partial charge in [0.05, 0.1) is 12.6 Å². The van der Waals surface area contributed by atoms with E-state index in [4.69, 9.17) is 4.74 Å². The largest absolute Gasteiger partial charge is 0.472 e. The molecule has 2 aromatic rings. The Morgan fingerprint density at radius 2 is 2.00 bits per heavy atom. The Bertz CT molecular complexity index is 1040. The van der Waals surface area contributed by atoms with Crippen molar-refractivity contribution in [1.82, 2.24) is 19.7 Å². The second-order valence-electron chi connectivity index (χ2n) is 9.74. The van der Waals surface area contributed by atoms with Gasteiger partial charge in [-0.05, 0) is 50.7 Å². The maximum Gasteiger partial charge on any atom is 0.259 e. The van der Waals surface area contributed by atoms with Crippen LogP contribution in [0.25, 0.3) is 11.1 Å². The highest BCUT2D eigenvalue weighted by Gasteiger charge is 2.34. The Morgan fingerprint density at radius 3 is 2.66 bits per heavy atom. The molecule has 0 bridgehead atoms. The number of aliphatic hydroxyl groups excluding tert-OH is 1. The Kier molecular flexibility index (Phi) is 8.86. The number of carbonyl (C=O) groups is 2. The van der Waals surface area contributed by atoms with Crippen LogP contribution in [0.5, 0.6) is 5.88 Å². The molecule has 0 saturated carbocycles. The summed E-state index contributed by atoms with van der Waals surface area (Å²) in [5, 5.41) is 9.86. The van der Waals surface area contributed by atoms with Crippen molar-refractivity contribution in [3.63, 3.8) is 0 Å². The summed E-state index contributed by atoms with van der Waals surface area (Å²) in [6.45, 7) is 8.06. The van der Waals surface area contributed by atoms with Gasteiger partial charge in [-0.3, -0.25) is 9.59 Å². The number of hydrogen-bond acceptors (Lipinski definition) is 6. The summed E-state index contributed by atoms with van der Waals surface area (Å²) < 4.78 is 6.36. The molecule has 1 aromatic carbocycles. The molecule has 35 heavy (non-hydrogen) atoms. The van der Waals surface area contributed by atoms with Gasteiger partial charge in [0.2, 0.25) is 5.88 Å². The number of amides is 2. The highest BCUT2D eigenvalue weighted by atomic mass is 16.5. The molecule has 2 heterocycles. The maximum atomic E-state index is 13.6. The first-order chi connectivity index (χ1) is 16.7. The fourth-order valence-corrected chi connectivity index (χ4v) is 4.35. The van der Waals surface area contributed by atoms with Gasteiger partial charge in [0.1, 0.15) is 11.7 Å². The molecule has 0 spiro atoms. The van der Waals surface area contributed by atoms with Crippen LogP contribution in [0.3, 0.4) is 0 Å². The summed E-state index contributed by atoms with van der Waals surface area (Å²) in [5.74, 6) is 0.0385. The molecule has 1 aliphatic rings. The monoisotopic (exact) mass is 482 g/mol. The van der Waals surface area contributed by atoms with Gasteiger partial charge in [0, 0.05) is 50.4 Å². The third-order valence-electron chi connectivity index (χ3n) is 6.47. The Hall–Kier alpha value is -2.97. The molecule has 0 aliphatic carbocycles. The Balaban J connectivity index is 2.04. The quantitative estimate of drug-likeness (QED) is 0.623. The van der Waals surface area contributed by atoms with E-state index in [2.05, 4.69) is 30.8 Å². The van der Waals surface area contributed by atoms with Gasteiger partial charge >= 0.3 is 0 Å². The molecule has 1 N–H and O–H groups in total. The lowest BCUT2D eigenvalue weighted by Gasteiger charge is -2.37. The lowest BCUT2D eigenvalue weighted by molar-refractivity contribution is 0.0331. The van der Waals surface area contributed by atoms with Crippen molar-refractivity contribution in [2.24, 2.45) is 5.92 Å². The molecular formula is C27H38N4O4. The van der Waals surface area contributed by atoms with Crippen LogP contribution in [-0.4, -0.2) is 96.1 Å². The predicted molar refractivity (Wildman–Crippen MR) is 137 cm³/mol. The first-order valence-corrected chi connectivity index (χ1v) is 12.2. The van der Waals surface area contributed by atoms with Crippen LogP contribution >= 0.6 is 0 Å². The van der Waals surface area contributed by atoms with Crippen molar-refractivity contribution >= 4 is 11.8 Å². The standard InChI is InChI=1S/C27H38N4O4/c1-7-11-30(6)16-24-18(2)15-31(19(3)17-32)27(34)23-13-22(14-28-25(23)35-24)20-9-8-10-21(12-20)26(33)29(4)5/h8-10,12-14,18-19,24,32H,7,11,15-17H2,1-6H3/t18-,19-,24+/m0/s1. The molecule has 1 aliphatic heterocycles. The molecule has 8 heteroatoms. The van der Waals surface area contributed by atoms with Crippen molar-refractivity contribution in [1.29, 1.82) is 0 Å². The number of rotatable bonds is 8. The summed E-state index contributed by atoms with van der Waals surface area (Å²) in [4.78, 5) is 36.1. The van der Waals surface area contributed by atoms with E-state index in [1.165, 1.54) is 4.90 Å². The van der Waals surface area contributed by atoms with Crippen molar-refractivity contribution in [3.8, 4) is 17.0 Å². The molecule has 1 aromatic heterocycles. The number of benzene rings is 1. The summed E-state index contributed by atoms with van der Waals surface area (Å²) in [7, 11) is 5.49. The minimum absolute atomic E-state index is 0.0515. The molecule has 8 nitrogen and oxygen atoms in total. The Morgan fingerprint density at radius 1 is 1.26 bits per heavy atom. The van der Waals surface area contributed by atoms with Gasteiger partial charge in [0.25, 0.3) is 11.8 Å². The topological polar surface area (TPSA) is 86.2 Å². The van der Waals surface area contributed by atoms with Crippen LogP contribution in [0.2, 0.25) is 0 Å². The van der Waals surface area contributed by atoms with Gasteiger partial charge in [-0.2, -0.15) is 0 Å². The first-order valence-electron chi connectivity index (χ1n) is 12.2. The van der Waals surface area contributed by atoms with E-state index >= 15 is 0 Å². The van der Waals surface area contributed by atoms with E-state index in [0.717, 1.165) is 24.1 Å². The van der Waals surface area contributed by atoms with E-state index in [0.29, 0.717) is 30.1 Å². The zero-order valence-electron chi connectivity index (χ0n) is 21.7. The third kappa shape index (κ3) is 6.18. The summed E-state index contributed by atoms with van der Waals surface area (Å²) in [5.41, 5.74) is 2.43. The lowest BCUT2D eigenvalue weighted by atomic mass is 9.98. The number of fused-ring (bicyclic) bond motifs is 1. The first kappa shape index (κ1) is 26.6. The van der Waals surface area contributed by atoms with Gasteiger partial charge in [-0.1, -0.05) is 26.0 Å². The summed E-state index contributed by atoms with van der Waals surface area (Å²) in [6, 6.07) is 8.73. The van der Waals surface area contributed by atoms with Gasteiger partial charge in [-0.25, -0.2) is 4.98 Å². The molecule has 0 radical (unpaired) electrons. The average molecular weight is 483 g/mol. The van der Waals surface area contributed by atoms with Gasteiger partial charge in [-0.15, -0.1) is 0 Å². The normalized spacial score (nSPS) is 19.0. The number of aromatic nitrogens is 1. The smallest absolute Gasteiger partial charge is 0.259 e. The molecule has 3 atom stereocenters. The van der Waals surface area contributed by atoms with E-state index in [1.54, 1.807) is 43.4 Å². The van der Waals surface area contributed by atoms with Crippen LogP contribution in [-0.2, 0) is 0 Å². The number of aliphatic hydroxyl groups is 1. The van der Waals surface area contributed by atoms with Crippen LogP contribution in [0.15, 0.2) is 36.5 Å². The average Bonchev–Trinajstić information content (AvgIpc) is 2.85. The second kappa shape index (κ2) is 11.6. The lowest BCUT2D eigenvalue weighted by Crippen LogP contribution is -2.50. The van der Waals surface area contributed by atoms with Crippen molar-refractivity contribution in [2.45, 2.75) is 39.3 Å². The minimum atomic E-state index is -0.338. The fraction of sp³-hybridized carbons (Fsp3) is 0.519. The minimum Gasteiger partial charge on any atom is -0.472 e. The zero-order valence-corrected chi connectivity index (χ0v) is 21.7. The molecular weight excluding hydrogens is 444 g/mol. The molecule has 0 saturated heterocycles. The molecule has 0 unspecified atom stereocenters. The van der Waals surface area contributed by atoms with Crippen molar-refractivity contribution in [2.75, 3.05) is 47.4 Å². The number of likely N-dealkylation sites (N-methyl/N-ethyl adjacent to an activating group) is 1. The molecule has 0 fully saturated rings. The second-order valence-corrected chi connectivity index (χ2v) is 9.74. The van der Waals surface area contributed by atoms with E-state index in [1.807, 2.05) is 19.1 Å². The van der Waals surface area contributed by atoms with Crippen molar-refractivity contribution in [3.05, 3.63) is 47.7 Å². The van der Waals surface area contributed by atoms with Gasteiger partial charge in [0.15, 0.2) is 0 Å². The number of pyridine rings is 1.